The molecule has 4 heteroatoms. The van der Waals surface area contributed by atoms with Crippen molar-refractivity contribution in [3.05, 3.63) is 28.6 Å². The molecule has 1 aromatic carbocycles. The second-order valence-electron chi connectivity index (χ2n) is 6.81. The van der Waals surface area contributed by atoms with E-state index in [0.29, 0.717) is 6.54 Å². The standard InChI is InChI=1S/C18H30N2O2/c1-6-8-14-13(9-7-10-16(14)22)15(12-21)20(5)11-17(19)18(2,3)4/h7-10,17,21-22H,6,11-12,19H2,1-5H3/b14-8-,15-13-. The molecule has 0 aliphatic rings. The quantitative estimate of drug-likeness (QED) is 0.759. The second kappa shape index (κ2) is 7.65. The lowest BCUT2D eigenvalue weighted by Crippen LogP contribution is -2.45. The minimum atomic E-state index is -0.0959. The zero-order chi connectivity index (χ0) is 16.9. The van der Waals surface area contributed by atoms with Crippen LogP contribution < -0.4 is 16.2 Å². The van der Waals surface area contributed by atoms with Gasteiger partial charge in [0, 0.05) is 35.8 Å². The molecule has 0 bridgehead atoms. The smallest absolute Gasteiger partial charge is 0.123 e. The third kappa shape index (κ3) is 4.49. The Balaban J connectivity index is 3.37. The number of rotatable bonds is 5. The van der Waals surface area contributed by atoms with Crippen molar-refractivity contribution in [2.45, 2.75) is 40.2 Å². The van der Waals surface area contributed by atoms with E-state index in [4.69, 9.17) is 5.73 Å². The highest BCUT2D eigenvalue weighted by atomic mass is 16.3. The van der Waals surface area contributed by atoms with Crippen molar-refractivity contribution in [1.29, 1.82) is 0 Å². The van der Waals surface area contributed by atoms with Crippen LogP contribution in [0.25, 0.3) is 11.8 Å². The van der Waals surface area contributed by atoms with Crippen LogP contribution in [0.5, 0.6) is 5.75 Å². The van der Waals surface area contributed by atoms with Gasteiger partial charge in [-0.2, -0.15) is 0 Å². The van der Waals surface area contributed by atoms with E-state index in [-0.39, 0.29) is 23.8 Å². The number of hydrogen-bond donors (Lipinski definition) is 3. The van der Waals surface area contributed by atoms with Gasteiger partial charge >= 0.3 is 0 Å². The molecule has 0 spiro atoms. The molecular formula is C18H30N2O2. The van der Waals surface area contributed by atoms with Crippen LogP contribution >= 0.6 is 0 Å². The van der Waals surface area contributed by atoms with Gasteiger partial charge in [-0.3, -0.25) is 0 Å². The van der Waals surface area contributed by atoms with Crippen LogP contribution in [-0.4, -0.2) is 41.4 Å². The maximum absolute atomic E-state index is 10.1. The number of likely N-dealkylation sites (N-methyl/N-ethyl adjacent to an activating group) is 1. The second-order valence-corrected chi connectivity index (χ2v) is 6.81. The SMILES string of the molecule is CC/C=c1\c(O)ccc\c1=C(/CO)N(C)CC(N)C(C)(C)C. The number of phenolic OH excluding ortho intramolecular Hbond substituents is 1. The fourth-order valence-electron chi connectivity index (χ4n) is 2.31. The largest absolute Gasteiger partial charge is 0.507 e. The van der Waals surface area contributed by atoms with Gasteiger partial charge in [-0.15, -0.1) is 0 Å². The van der Waals surface area contributed by atoms with Crippen LogP contribution in [0.1, 0.15) is 34.1 Å². The zero-order valence-corrected chi connectivity index (χ0v) is 14.4. The van der Waals surface area contributed by atoms with Crippen molar-refractivity contribution in [2.75, 3.05) is 20.2 Å². The number of nitrogens with two attached hydrogens (primary N) is 1. The minimum absolute atomic E-state index is 0.00791. The summed E-state index contributed by atoms with van der Waals surface area (Å²) in [6.45, 7) is 8.88. The van der Waals surface area contributed by atoms with Gasteiger partial charge in [-0.1, -0.05) is 45.9 Å². The predicted octanol–water partition coefficient (Wildman–Crippen LogP) is 0.988. The molecule has 4 N–H and O–H groups in total. The van der Waals surface area contributed by atoms with Gasteiger partial charge in [0.1, 0.15) is 5.75 Å². The summed E-state index contributed by atoms with van der Waals surface area (Å²) >= 11 is 0. The first-order valence-corrected chi connectivity index (χ1v) is 7.81. The monoisotopic (exact) mass is 306 g/mol. The third-order valence-electron chi connectivity index (χ3n) is 4.00. The number of aliphatic hydroxyl groups is 1. The first-order valence-electron chi connectivity index (χ1n) is 7.81. The van der Waals surface area contributed by atoms with Gasteiger partial charge in [0.05, 0.1) is 6.61 Å². The zero-order valence-electron chi connectivity index (χ0n) is 14.4. The summed E-state index contributed by atoms with van der Waals surface area (Å²) < 4.78 is 0. The molecule has 1 unspecified atom stereocenters. The van der Waals surface area contributed by atoms with E-state index >= 15 is 0 Å². The molecule has 22 heavy (non-hydrogen) atoms. The van der Waals surface area contributed by atoms with Gasteiger partial charge in [0.15, 0.2) is 0 Å². The Kier molecular flexibility index (Phi) is 6.45. The molecule has 1 aromatic rings. The lowest BCUT2D eigenvalue weighted by molar-refractivity contribution is 0.252. The van der Waals surface area contributed by atoms with Crippen molar-refractivity contribution in [3.8, 4) is 5.75 Å². The molecule has 1 atom stereocenters. The normalized spacial score (nSPS) is 15.7. The van der Waals surface area contributed by atoms with E-state index in [1.54, 1.807) is 12.1 Å². The summed E-state index contributed by atoms with van der Waals surface area (Å²) in [4.78, 5) is 1.98. The summed E-state index contributed by atoms with van der Waals surface area (Å²) in [6, 6.07) is 5.37. The van der Waals surface area contributed by atoms with Crippen molar-refractivity contribution in [3.63, 3.8) is 0 Å². The van der Waals surface area contributed by atoms with Crippen molar-refractivity contribution < 1.29 is 10.2 Å². The number of benzene rings is 1. The fourth-order valence-corrected chi connectivity index (χ4v) is 2.31. The molecule has 0 aliphatic heterocycles. The van der Waals surface area contributed by atoms with Gasteiger partial charge < -0.3 is 20.8 Å². The van der Waals surface area contributed by atoms with E-state index in [2.05, 4.69) is 20.8 Å². The molecule has 0 heterocycles. The maximum Gasteiger partial charge on any atom is 0.123 e. The van der Waals surface area contributed by atoms with E-state index in [1.807, 2.05) is 31.0 Å². The molecule has 0 saturated carbocycles. The van der Waals surface area contributed by atoms with Crippen LogP contribution in [0, 0.1) is 5.41 Å². The van der Waals surface area contributed by atoms with Crippen LogP contribution in [0.4, 0.5) is 0 Å². The molecule has 124 valence electrons. The first kappa shape index (κ1) is 18.5. The molecule has 0 aromatic heterocycles. The lowest BCUT2D eigenvalue weighted by Gasteiger charge is -2.32. The van der Waals surface area contributed by atoms with Crippen molar-refractivity contribution in [2.24, 2.45) is 11.1 Å². The summed E-state index contributed by atoms with van der Waals surface area (Å²) in [7, 11) is 1.93. The van der Waals surface area contributed by atoms with Crippen LogP contribution in [0.2, 0.25) is 0 Å². The van der Waals surface area contributed by atoms with Gasteiger partial charge in [0.2, 0.25) is 0 Å². The molecule has 0 amide bonds. The highest BCUT2D eigenvalue weighted by molar-refractivity contribution is 5.48. The number of phenols is 1. The third-order valence-corrected chi connectivity index (χ3v) is 4.00. The molecule has 4 nitrogen and oxygen atoms in total. The maximum atomic E-state index is 10.1. The minimum Gasteiger partial charge on any atom is -0.507 e. The summed E-state index contributed by atoms with van der Waals surface area (Å²) in [6.07, 6.45) is 2.78. The molecule has 0 fully saturated rings. The molecule has 0 aliphatic carbocycles. The van der Waals surface area contributed by atoms with Gasteiger partial charge in [0.25, 0.3) is 0 Å². The van der Waals surface area contributed by atoms with Crippen molar-refractivity contribution >= 4 is 11.8 Å². The van der Waals surface area contributed by atoms with Crippen molar-refractivity contribution in [1.82, 2.24) is 4.90 Å². The van der Waals surface area contributed by atoms with Gasteiger partial charge in [-0.25, -0.2) is 0 Å². The Bertz CT molecular complexity index is 602. The predicted molar refractivity (Wildman–Crippen MR) is 92.7 cm³/mol. The van der Waals surface area contributed by atoms with Crippen LogP contribution in [0.3, 0.4) is 0 Å². The number of nitrogens with zero attached hydrogens (tertiary/aromatic N) is 1. The molecule has 1 rings (SSSR count). The molecular weight excluding hydrogens is 276 g/mol. The average Bonchev–Trinajstić information content (AvgIpc) is 2.42. The summed E-state index contributed by atoms with van der Waals surface area (Å²) in [5.41, 5.74) is 7.02. The topological polar surface area (TPSA) is 69.7 Å². The highest BCUT2D eigenvalue weighted by Crippen LogP contribution is 2.18. The fraction of sp³-hybridized carbons (Fsp3) is 0.556. The lowest BCUT2D eigenvalue weighted by atomic mass is 9.87. The Hall–Kier alpha value is -1.52. The van der Waals surface area contributed by atoms with Crippen LogP contribution in [0.15, 0.2) is 18.2 Å². The first-order chi connectivity index (χ1) is 10.2. The summed E-state index contributed by atoms with van der Waals surface area (Å²) in [5.74, 6) is 0.235. The van der Waals surface area contributed by atoms with Gasteiger partial charge in [-0.05, 0) is 17.9 Å². The number of aromatic hydroxyl groups is 1. The Morgan fingerprint density at radius 2 is 2.00 bits per heavy atom. The van der Waals surface area contributed by atoms with E-state index in [9.17, 15) is 10.2 Å². The highest BCUT2D eigenvalue weighted by Gasteiger charge is 2.22. The van der Waals surface area contributed by atoms with Crippen LogP contribution in [-0.2, 0) is 0 Å². The van der Waals surface area contributed by atoms with E-state index in [1.165, 1.54) is 0 Å². The Labute approximate surface area is 133 Å². The molecule has 0 saturated heterocycles. The Morgan fingerprint density at radius 1 is 1.36 bits per heavy atom. The number of aliphatic hydroxyl groups excluding tert-OH is 1. The Morgan fingerprint density at radius 3 is 2.50 bits per heavy atom. The summed E-state index contributed by atoms with van der Waals surface area (Å²) in [5, 5.41) is 21.5. The average molecular weight is 306 g/mol. The van der Waals surface area contributed by atoms with E-state index < -0.39 is 0 Å². The number of hydrogen-bond acceptors (Lipinski definition) is 4. The molecule has 0 radical (unpaired) electrons. The van der Waals surface area contributed by atoms with E-state index in [0.717, 1.165) is 22.6 Å².